The number of hydrogen-bond donors (Lipinski definition) is 1. The van der Waals surface area contributed by atoms with E-state index in [1.807, 2.05) is 25.1 Å². The Labute approximate surface area is 210 Å². The van der Waals surface area contributed by atoms with Gasteiger partial charge < -0.3 is 15.2 Å². The van der Waals surface area contributed by atoms with E-state index in [9.17, 15) is 5.26 Å². The minimum atomic E-state index is 0.173. The molecule has 1 aliphatic carbocycles. The van der Waals surface area contributed by atoms with Gasteiger partial charge in [-0.3, -0.25) is 0 Å². The fourth-order valence-corrected chi connectivity index (χ4v) is 4.09. The monoisotopic (exact) mass is 471 g/mol. The molecule has 2 aromatic rings. The first-order chi connectivity index (χ1) is 16.9. The average Bonchev–Trinajstić information content (AvgIpc) is 3.37. The Morgan fingerprint density at radius 3 is 2.57 bits per heavy atom. The first-order valence-corrected chi connectivity index (χ1v) is 12.6. The first-order valence-electron chi connectivity index (χ1n) is 12.6. The van der Waals surface area contributed by atoms with Crippen LogP contribution in [0.5, 0.6) is 5.75 Å². The van der Waals surface area contributed by atoms with E-state index in [2.05, 4.69) is 38.6 Å². The van der Waals surface area contributed by atoms with Gasteiger partial charge in [-0.1, -0.05) is 44.7 Å². The summed E-state index contributed by atoms with van der Waals surface area (Å²) in [4.78, 5) is 4.79. The number of allylic oxidation sites excluding steroid dienone is 1. The van der Waals surface area contributed by atoms with Gasteiger partial charge in [-0.05, 0) is 87.2 Å². The highest BCUT2D eigenvalue weighted by atomic mass is 16.5. The Bertz CT molecular complexity index is 1100. The zero-order valence-electron chi connectivity index (χ0n) is 21.2. The third kappa shape index (κ3) is 7.56. The summed E-state index contributed by atoms with van der Waals surface area (Å²) in [6.45, 7) is 11.1. The first kappa shape index (κ1) is 26.2. The second kappa shape index (κ2) is 12.9. The van der Waals surface area contributed by atoms with Gasteiger partial charge in [0.2, 0.25) is 5.88 Å². The maximum absolute atomic E-state index is 9.44. The number of rotatable bonds is 11. The van der Waals surface area contributed by atoms with Crippen LogP contribution in [0.3, 0.4) is 0 Å². The molecule has 1 unspecified atom stereocenters. The van der Waals surface area contributed by atoms with Crippen molar-refractivity contribution in [1.29, 1.82) is 5.26 Å². The summed E-state index contributed by atoms with van der Waals surface area (Å²) >= 11 is 0. The Morgan fingerprint density at radius 2 is 1.94 bits per heavy atom. The third-order valence-electron chi connectivity index (χ3n) is 6.54. The molecular formula is C30H37N3O2. The molecule has 1 saturated carbocycles. The van der Waals surface area contributed by atoms with E-state index in [1.54, 1.807) is 18.2 Å². The molecule has 0 radical (unpaired) electrons. The second-order valence-corrected chi connectivity index (χ2v) is 9.20. The highest BCUT2D eigenvalue weighted by Gasteiger charge is 2.18. The molecule has 1 aliphatic rings. The van der Waals surface area contributed by atoms with Crippen LogP contribution in [0, 0.1) is 17.2 Å². The van der Waals surface area contributed by atoms with Gasteiger partial charge in [0.25, 0.3) is 0 Å². The van der Waals surface area contributed by atoms with E-state index in [1.165, 1.54) is 18.4 Å². The number of ether oxygens (including phenoxy) is 2. The van der Waals surface area contributed by atoms with Crippen molar-refractivity contribution in [2.24, 2.45) is 16.6 Å². The highest BCUT2D eigenvalue weighted by molar-refractivity contribution is 5.84. The van der Waals surface area contributed by atoms with Gasteiger partial charge in [0, 0.05) is 17.4 Å². The summed E-state index contributed by atoms with van der Waals surface area (Å²) in [6.07, 6.45) is 8.21. The quantitative estimate of drug-likeness (QED) is 0.219. The average molecular weight is 472 g/mol. The molecule has 35 heavy (non-hydrogen) atoms. The van der Waals surface area contributed by atoms with Crippen LogP contribution in [0.25, 0.3) is 11.1 Å². The van der Waals surface area contributed by atoms with Crippen LogP contribution in [-0.2, 0) is 11.2 Å². The standard InChI is InChI=1S/C30H37N3O2/c1-5-21(2)23(4)33-30(35-27-8-6-7-9-27)18-22(3)34-29-19-25(20-32)12-15-28(29)26-13-10-24(11-14-26)16-17-31/h10-15,18-19,21,27H,3,5-9,16-17,31H2,1-2,4H3/b30-18+,33-23?. The summed E-state index contributed by atoms with van der Waals surface area (Å²) in [5.74, 6) is 1.87. The lowest BCUT2D eigenvalue weighted by atomic mass is 10.0. The molecule has 1 fully saturated rings. The van der Waals surface area contributed by atoms with Crippen LogP contribution in [0.2, 0.25) is 0 Å². The minimum absolute atomic E-state index is 0.173. The molecule has 0 amide bonds. The topological polar surface area (TPSA) is 80.6 Å². The summed E-state index contributed by atoms with van der Waals surface area (Å²) < 4.78 is 12.4. The number of hydrogen-bond acceptors (Lipinski definition) is 5. The molecular weight excluding hydrogens is 434 g/mol. The molecule has 0 heterocycles. The van der Waals surface area contributed by atoms with E-state index in [0.29, 0.717) is 35.4 Å². The van der Waals surface area contributed by atoms with Crippen molar-refractivity contribution in [3.63, 3.8) is 0 Å². The largest absolute Gasteiger partial charge is 0.474 e. The van der Waals surface area contributed by atoms with Crippen molar-refractivity contribution >= 4 is 5.71 Å². The van der Waals surface area contributed by atoms with E-state index < -0.39 is 0 Å². The number of nitrogens with zero attached hydrogens (tertiary/aromatic N) is 2. The lowest BCUT2D eigenvalue weighted by molar-refractivity contribution is 0.120. The van der Waals surface area contributed by atoms with Crippen LogP contribution in [-0.4, -0.2) is 18.4 Å². The lowest BCUT2D eigenvalue weighted by Gasteiger charge is -2.17. The molecule has 1 atom stereocenters. The predicted octanol–water partition coefficient (Wildman–Crippen LogP) is 6.93. The van der Waals surface area contributed by atoms with Crippen molar-refractivity contribution in [3.8, 4) is 22.9 Å². The molecule has 0 aliphatic heterocycles. The number of nitriles is 1. The van der Waals surface area contributed by atoms with Crippen LogP contribution in [0.15, 0.2) is 71.8 Å². The second-order valence-electron chi connectivity index (χ2n) is 9.20. The van der Waals surface area contributed by atoms with Gasteiger partial charge in [0.15, 0.2) is 0 Å². The SMILES string of the molecule is C=C(/C=C(\N=C(C)C(C)CC)OC1CCCC1)Oc1cc(C#N)ccc1-c1ccc(CCN)cc1. The van der Waals surface area contributed by atoms with Crippen molar-refractivity contribution in [2.45, 2.75) is 65.4 Å². The molecule has 184 valence electrons. The Balaban J connectivity index is 1.89. The fraction of sp³-hybridized carbons (Fsp3) is 0.400. The Kier molecular flexibility index (Phi) is 9.69. The van der Waals surface area contributed by atoms with Crippen molar-refractivity contribution < 1.29 is 9.47 Å². The van der Waals surface area contributed by atoms with E-state index in [0.717, 1.165) is 42.5 Å². The van der Waals surface area contributed by atoms with Gasteiger partial charge in [0.1, 0.15) is 17.6 Å². The Morgan fingerprint density at radius 1 is 1.23 bits per heavy atom. The van der Waals surface area contributed by atoms with Crippen LogP contribution in [0.1, 0.15) is 64.0 Å². The summed E-state index contributed by atoms with van der Waals surface area (Å²) in [7, 11) is 0. The van der Waals surface area contributed by atoms with Crippen LogP contribution in [0.4, 0.5) is 0 Å². The van der Waals surface area contributed by atoms with Crippen LogP contribution < -0.4 is 10.5 Å². The van der Waals surface area contributed by atoms with Gasteiger partial charge in [-0.25, -0.2) is 4.99 Å². The summed E-state index contributed by atoms with van der Waals surface area (Å²) in [6, 6.07) is 15.9. The molecule has 5 nitrogen and oxygen atoms in total. The van der Waals surface area contributed by atoms with Gasteiger partial charge in [0.05, 0.1) is 11.6 Å². The highest BCUT2D eigenvalue weighted by Crippen LogP contribution is 2.33. The molecule has 2 aromatic carbocycles. The van der Waals surface area contributed by atoms with Crippen LogP contribution >= 0.6 is 0 Å². The summed E-state index contributed by atoms with van der Waals surface area (Å²) in [5.41, 5.74) is 10.3. The maximum Gasteiger partial charge on any atom is 0.217 e. The third-order valence-corrected chi connectivity index (χ3v) is 6.54. The van der Waals surface area contributed by atoms with Gasteiger partial charge in [-0.15, -0.1) is 0 Å². The molecule has 0 aromatic heterocycles. The number of nitrogens with two attached hydrogens (primary N) is 1. The molecule has 5 heteroatoms. The van der Waals surface area contributed by atoms with Crippen molar-refractivity contribution in [1.82, 2.24) is 0 Å². The van der Waals surface area contributed by atoms with Crippen molar-refractivity contribution in [2.75, 3.05) is 6.54 Å². The van der Waals surface area contributed by atoms with E-state index in [-0.39, 0.29) is 6.10 Å². The zero-order valence-corrected chi connectivity index (χ0v) is 21.2. The van der Waals surface area contributed by atoms with Gasteiger partial charge >= 0.3 is 0 Å². The molecule has 0 saturated heterocycles. The Hall–Kier alpha value is -3.36. The summed E-state index contributed by atoms with van der Waals surface area (Å²) in [5, 5.41) is 9.44. The number of benzene rings is 2. The molecule has 0 spiro atoms. The predicted molar refractivity (Wildman–Crippen MR) is 143 cm³/mol. The molecule has 2 N–H and O–H groups in total. The minimum Gasteiger partial charge on any atom is -0.474 e. The maximum atomic E-state index is 9.44. The normalized spacial score (nSPS) is 15.5. The lowest BCUT2D eigenvalue weighted by Crippen LogP contribution is -2.11. The van der Waals surface area contributed by atoms with E-state index >= 15 is 0 Å². The number of aliphatic imine (C=N–C) groups is 1. The molecule has 0 bridgehead atoms. The fourth-order valence-electron chi connectivity index (χ4n) is 4.09. The van der Waals surface area contributed by atoms with Gasteiger partial charge in [-0.2, -0.15) is 5.26 Å². The zero-order chi connectivity index (χ0) is 25.2. The molecule has 3 rings (SSSR count). The van der Waals surface area contributed by atoms with Crippen molar-refractivity contribution in [3.05, 3.63) is 77.9 Å². The van der Waals surface area contributed by atoms with E-state index in [4.69, 9.17) is 20.2 Å². The smallest absolute Gasteiger partial charge is 0.217 e.